The van der Waals surface area contributed by atoms with Gasteiger partial charge < -0.3 is 20.3 Å². The molecule has 0 atom stereocenters. The Kier molecular flexibility index (Phi) is 5.22. The zero-order valence-electron chi connectivity index (χ0n) is 14.2. The van der Waals surface area contributed by atoms with Crippen molar-refractivity contribution < 1.29 is 19.7 Å². The maximum atomic E-state index is 12.7. The lowest BCUT2D eigenvalue weighted by molar-refractivity contribution is -0.126. The fraction of sp³-hybridized carbons (Fsp3) is 0.263. The van der Waals surface area contributed by atoms with Crippen LogP contribution < -0.4 is 15.5 Å². The lowest BCUT2D eigenvalue weighted by Crippen LogP contribution is -2.53. The van der Waals surface area contributed by atoms with Crippen molar-refractivity contribution in [2.75, 3.05) is 19.8 Å². The van der Waals surface area contributed by atoms with Crippen LogP contribution >= 0.6 is 11.3 Å². The number of carbonyl (C=O) groups excluding carboxylic acids is 1. The molecule has 1 heterocycles. The van der Waals surface area contributed by atoms with Gasteiger partial charge in [0.05, 0.1) is 18.8 Å². The first-order valence-electron chi connectivity index (χ1n) is 8.07. The van der Waals surface area contributed by atoms with Crippen LogP contribution in [0.1, 0.15) is 6.92 Å². The summed E-state index contributed by atoms with van der Waals surface area (Å²) in [5, 5.41) is 22.1. The number of aliphatic hydroxyl groups excluding tert-OH is 2. The first-order chi connectivity index (χ1) is 12.5. The van der Waals surface area contributed by atoms with Crippen molar-refractivity contribution in [1.29, 1.82) is 0 Å². The van der Waals surface area contributed by atoms with E-state index in [9.17, 15) is 19.8 Å². The molecular weight excluding hydrogens is 354 g/mol. The van der Waals surface area contributed by atoms with E-state index >= 15 is 0 Å². The van der Waals surface area contributed by atoms with E-state index in [4.69, 9.17) is 4.74 Å². The Morgan fingerprint density at radius 1 is 1.12 bits per heavy atom. The quantitative estimate of drug-likeness (QED) is 0.571. The Labute approximate surface area is 153 Å². The Bertz CT molecular complexity index is 1010. The number of amides is 1. The first kappa shape index (κ1) is 18.3. The zero-order valence-corrected chi connectivity index (χ0v) is 15.0. The van der Waals surface area contributed by atoms with Crippen LogP contribution in [-0.4, -0.2) is 41.5 Å². The van der Waals surface area contributed by atoms with Crippen molar-refractivity contribution in [3.8, 4) is 5.75 Å². The number of carbonyl (C=O) groups is 1. The molecule has 3 N–H and O–H groups in total. The van der Waals surface area contributed by atoms with E-state index in [0.717, 1.165) is 9.40 Å². The van der Waals surface area contributed by atoms with Crippen LogP contribution in [0.5, 0.6) is 5.75 Å². The molecule has 0 saturated carbocycles. The molecule has 2 aromatic carbocycles. The third kappa shape index (κ3) is 3.70. The van der Waals surface area contributed by atoms with Gasteiger partial charge in [-0.25, -0.2) is 0 Å². The van der Waals surface area contributed by atoms with E-state index in [1.807, 2.05) is 18.2 Å². The predicted octanol–water partition coefficient (Wildman–Crippen LogP) is 1.65. The van der Waals surface area contributed by atoms with Gasteiger partial charge in [0.15, 0.2) is 12.0 Å². The molecule has 1 amide bonds. The number of hydrogen-bond acceptors (Lipinski definition) is 6. The molecule has 136 valence electrons. The van der Waals surface area contributed by atoms with Crippen LogP contribution in [0.4, 0.5) is 0 Å². The van der Waals surface area contributed by atoms with Gasteiger partial charge in [-0.15, -0.1) is 11.3 Å². The third-order valence-electron chi connectivity index (χ3n) is 4.06. The number of fused-ring (bicyclic) bond motifs is 2. The van der Waals surface area contributed by atoms with E-state index in [1.54, 1.807) is 24.3 Å². The van der Waals surface area contributed by atoms with Crippen molar-refractivity contribution >= 4 is 37.4 Å². The van der Waals surface area contributed by atoms with Crippen LogP contribution in [-0.2, 0) is 4.79 Å². The molecule has 6 nitrogen and oxygen atoms in total. The molecule has 0 fully saturated rings. The van der Waals surface area contributed by atoms with Crippen molar-refractivity contribution in [2.45, 2.75) is 12.5 Å². The number of rotatable bonds is 6. The summed E-state index contributed by atoms with van der Waals surface area (Å²) in [6.07, 6.45) is 0. The molecule has 0 spiro atoms. The molecule has 0 aliphatic carbocycles. The van der Waals surface area contributed by atoms with Crippen LogP contribution in [0.2, 0.25) is 0 Å². The second-order valence-corrected chi connectivity index (χ2v) is 7.38. The zero-order chi connectivity index (χ0) is 18.7. The average Bonchev–Trinajstić information content (AvgIpc) is 2.66. The molecule has 26 heavy (non-hydrogen) atoms. The fourth-order valence-electron chi connectivity index (χ4n) is 2.52. The van der Waals surface area contributed by atoms with Gasteiger partial charge in [0, 0.05) is 20.2 Å². The van der Waals surface area contributed by atoms with Gasteiger partial charge in [-0.1, -0.05) is 12.1 Å². The first-order valence-corrected chi connectivity index (χ1v) is 8.88. The summed E-state index contributed by atoms with van der Waals surface area (Å²) in [6.45, 7) is 0.460. The van der Waals surface area contributed by atoms with Gasteiger partial charge in [-0.3, -0.25) is 9.59 Å². The predicted molar refractivity (Wildman–Crippen MR) is 102 cm³/mol. The Morgan fingerprint density at radius 2 is 1.81 bits per heavy atom. The topological polar surface area (TPSA) is 95.9 Å². The SMILES string of the molecule is CC(CO)(CO)NC(=O)COc1ccc2sc3ccccc3c(=O)c2c1. The van der Waals surface area contributed by atoms with Crippen LogP contribution in [0.3, 0.4) is 0 Å². The minimum absolute atomic E-state index is 0.0719. The smallest absolute Gasteiger partial charge is 0.258 e. The largest absolute Gasteiger partial charge is 0.484 e. The van der Waals surface area contributed by atoms with Gasteiger partial charge in [0.25, 0.3) is 5.91 Å². The summed E-state index contributed by atoms with van der Waals surface area (Å²) in [5.74, 6) is -0.0682. The van der Waals surface area contributed by atoms with Gasteiger partial charge in [0.1, 0.15) is 5.75 Å². The summed E-state index contributed by atoms with van der Waals surface area (Å²) in [4.78, 5) is 24.6. The van der Waals surface area contributed by atoms with Crippen LogP contribution in [0.15, 0.2) is 47.3 Å². The Hall–Kier alpha value is -2.48. The lowest BCUT2D eigenvalue weighted by atomic mass is 10.1. The highest BCUT2D eigenvalue weighted by molar-refractivity contribution is 7.24. The monoisotopic (exact) mass is 373 g/mol. The molecule has 3 rings (SSSR count). The molecule has 0 radical (unpaired) electrons. The summed E-state index contributed by atoms with van der Waals surface area (Å²) < 4.78 is 7.24. The number of ether oxygens (including phenoxy) is 1. The van der Waals surface area contributed by atoms with Crippen molar-refractivity contribution in [1.82, 2.24) is 5.32 Å². The molecule has 0 bridgehead atoms. The molecule has 0 saturated heterocycles. The van der Waals surface area contributed by atoms with Crippen LogP contribution in [0.25, 0.3) is 20.2 Å². The summed E-state index contributed by atoms with van der Waals surface area (Å²) >= 11 is 1.52. The van der Waals surface area contributed by atoms with Gasteiger partial charge in [0.2, 0.25) is 0 Å². The summed E-state index contributed by atoms with van der Waals surface area (Å²) in [7, 11) is 0. The standard InChI is InChI=1S/C19H19NO5S/c1-19(10-21,11-22)20-17(23)9-25-12-6-7-16-14(8-12)18(24)13-4-2-3-5-15(13)26-16/h2-8,21-22H,9-11H2,1H3,(H,20,23). The summed E-state index contributed by atoms with van der Waals surface area (Å²) in [5.41, 5.74) is -1.18. The fourth-order valence-corrected chi connectivity index (χ4v) is 3.57. The Morgan fingerprint density at radius 3 is 2.54 bits per heavy atom. The van der Waals surface area contributed by atoms with Gasteiger partial charge in [-0.05, 0) is 37.3 Å². The second kappa shape index (κ2) is 7.41. The normalized spacial score (nSPS) is 11.7. The molecule has 0 aliphatic heterocycles. The molecule has 7 heteroatoms. The number of aliphatic hydroxyl groups is 2. The second-order valence-electron chi connectivity index (χ2n) is 6.30. The van der Waals surface area contributed by atoms with Crippen LogP contribution in [0, 0.1) is 0 Å². The van der Waals surface area contributed by atoms with E-state index in [1.165, 1.54) is 18.3 Å². The lowest BCUT2D eigenvalue weighted by Gasteiger charge is -2.26. The number of hydrogen-bond donors (Lipinski definition) is 3. The van der Waals surface area contributed by atoms with E-state index in [0.29, 0.717) is 16.5 Å². The molecule has 0 aliphatic rings. The number of benzene rings is 2. The van der Waals surface area contributed by atoms with Gasteiger partial charge in [-0.2, -0.15) is 0 Å². The maximum Gasteiger partial charge on any atom is 0.258 e. The van der Waals surface area contributed by atoms with Crippen molar-refractivity contribution in [3.05, 3.63) is 52.7 Å². The molecule has 0 unspecified atom stereocenters. The van der Waals surface area contributed by atoms with E-state index in [-0.39, 0.29) is 25.2 Å². The average molecular weight is 373 g/mol. The number of nitrogens with one attached hydrogen (secondary N) is 1. The molecular formula is C19H19NO5S. The van der Waals surface area contributed by atoms with Crippen molar-refractivity contribution in [2.24, 2.45) is 0 Å². The third-order valence-corrected chi connectivity index (χ3v) is 5.21. The Balaban J connectivity index is 1.81. The van der Waals surface area contributed by atoms with Crippen molar-refractivity contribution in [3.63, 3.8) is 0 Å². The van der Waals surface area contributed by atoms with Gasteiger partial charge >= 0.3 is 0 Å². The highest BCUT2D eigenvalue weighted by Gasteiger charge is 2.24. The highest BCUT2D eigenvalue weighted by Crippen LogP contribution is 2.27. The summed E-state index contributed by atoms with van der Waals surface area (Å²) in [6, 6.07) is 12.6. The van der Waals surface area contributed by atoms with E-state index in [2.05, 4.69) is 5.32 Å². The molecule has 3 aromatic rings. The minimum atomic E-state index is -1.10. The maximum absolute atomic E-state index is 12.7. The molecule has 1 aromatic heterocycles. The van der Waals surface area contributed by atoms with E-state index < -0.39 is 11.4 Å². The minimum Gasteiger partial charge on any atom is -0.484 e. The highest BCUT2D eigenvalue weighted by atomic mass is 32.1.